The molecule has 2 aromatic heterocycles. The summed E-state index contributed by atoms with van der Waals surface area (Å²) in [7, 11) is 3.22. The van der Waals surface area contributed by atoms with Crippen LogP contribution in [0.25, 0.3) is 10.9 Å². The maximum atomic E-state index is 12.7. The van der Waals surface area contributed by atoms with E-state index in [1.54, 1.807) is 19.3 Å². The Morgan fingerprint density at radius 2 is 2.05 bits per heavy atom. The van der Waals surface area contributed by atoms with E-state index >= 15 is 0 Å². The molecule has 0 aliphatic carbocycles. The van der Waals surface area contributed by atoms with Gasteiger partial charge in [-0.2, -0.15) is 0 Å². The summed E-state index contributed by atoms with van der Waals surface area (Å²) in [5.41, 5.74) is 2.26. The van der Waals surface area contributed by atoms with Gasteiger partial charge in [-0.25, -0.2) is 9.97 Å². The van der Waals surface area contributed by atoms with E-state index in [1.807, 2.05) is 18.2 Å². The molecular formula is C30H41ClN6O3. The van der Waals surface area contributed by atoms with Crippen molar-refractivity contribution in [2.45, 2.75) is 46.0 Å². The number of piperidine rings is 1. The van der Waals surface area contributed by atoms with Crippen molar-refractivity contribution in [1.82, 2.24) is 24.8 Å². The third-order valence-corrected chi connectivity index (χ3v) is 8.17. The molecule has 1 atom stereocenters. The van der Waals surface area contributed by atoms with E-state index in [4.69, 9.17) is 21.3 Å². The Morgan fingerprint density at radius 1 is 1.25 bits per heavy atom. The Morgan fingerprint density at radius 3 is 2.80 bits per heavy atom. The lowest BCUT2D eigenvalue weighted by atomic mass is 9.93. The molecule has 1 aromatic carbocycles. The van der Waals surface area contributed by atoms with Crippen LogP contribution in [0.1, 0.15) is 50.8 Å². The molecule has 3 heterocycles. The number of hydrogen-bond donors (Lipinski definition) is 1. The summed E-state index contributed by atoms with van der Waals surface area (Å²) >= 11 is 6.56. The highest BCUT2D eigenvalue weighted by atomic mass is 35.5. The van der Waals surface area contributed by atoms with Crippen LogP contribution in [0.4, 0.5) is 5.95 Å². The Balaban J connectivity index is 1.48. The van der Waals surface area contributed by atoms with Crippen molar-refractivity contribution in [2.24, 2.45) is 13.0 Å². The van der Waals surface area contributed by atoms with Gasteiger partial charge in [0.1, 0.15) is 0 Å². The van der Waals surface area contributed by atoms with Crippen molar-refractivity contribution >= 4 is 34.4 Å². The summed E-state index contributed by atoms with van der Waals surface area (Å²) in [5, 5.41) is 3.86. The fourth-order valence-electron chi connectivity index (χ4n) is 5.42. The van der Waals surface area contributed by atoms with Crippen molar-refractivity contribution in [1.29, 1.82) is 0 Å². The van der Waals surface area contributed by atoms with Gasteiger partial charge < -0.3 is 24.4 Å². The van der Waals surface area contributed by atoms with Gasteiger partial charge in [-0.3, -0.25) is 9.59 Å². The first-order chi connectivity index (χ1) is 19.3. The SMILES string of the molecule is CCN(CC)CCC[C@@H]1CCCN(c2ncc(Cl)c(Cc3ccc4c(c3)cc(OCC(=O)NC)c(=O)n4C)n2)C1. The average Bonchev–Trinajstić information content (AvgIpc) is 2.97. The number of pyridine rings is 1. The molecular weight excluding hydrogens is 528 g/mol. The number of ether oxygens (including phenoxy) is 1. The molecule has 1 fully saturated rings. The molecule has 4 rings (SSSR count). The van der Waals surface area contributed by atoms with Crippen LogP contribution in [-0.2, 0) is 18.3 Å². The van der Waals surface area contributed by atoms with Crippen LogP contribution in [0.2, 0.25) is 5.02 Å². The lowest BCUT2D eigenvalue weighted by Crippen LogP contribution is -2.37. The number of fused-ring (bicyclic) bond motifs is 1. The minimum atomic E-state index is -0.301. The first-order valence-corrected chi connectivity index (χ1v) is 14.6. The van der Waals surface area contributed by atoms with Crippen molar-refractivity contribution in [3.8, 4) is 5.75 Å². The molecule has 0 spiro atoms. The predicted octanol–water partition coefficient (Wildman–Crippen LogP) is 4.04. The van der Waals surface area contributed by atoms with E-state index in [0.717, 1.165) is 67.3 Å². The van der Waals surface area contributed by atoms with Crippen molar-refractivity contribution in [2.75, 3.05) is 51.3 Å². The molecule has 1 saturated heterocycles. The minimum absolute atomic E-state index is 0.134. The van der Waals surface area contributed by atoms with Crippen LogP contribution in [0.3, 0.4) is 0 Å². The zero-order valence-corrected chi connectivity index (χ0v) is 24.8. The number of hydrogen-bond acceptors (Lipinski definition) is 7. The monoisotopic (exact) mass is 568 g/mol. The molecule has 0 saturated carbocycles. The van der Waals surface area contributed by atoms with Gasteiger partial charge >= 0.3 is 0 Å². The minimum Gasteiger partial charge on any atom is -0.478 e. The first kappa shape index (κ1) is 29.8. The number of carbonyl (C=O) groups is 1. The first-order valence-electron chi connectivity index (χ1n) is 14.3. The largest absolute Gasteiger partial charge is 0.478 e. The van der Waals surface area contributed by atoms with E-state index in [0.29, 0.717) is 17.4 Å². The number of halogens is 1. The van der Waals surface area contributed by atoms with Crippen LogP contribution >= 0.6 is 11.6 Å². The average molecular weight is 569 g/mol. The highest BCUT2D eigenvalue weighted by Gasteiger charge is 2.22. The van der Waals surface area contributed by atoms with Gasteiger partial charge in [0.15, 0.2) is 12.4 Å². The van der Waals surface area contributed by atoms with Crippen LogP contribution in [0.5, 0.6) is 5.75 Å². The predicted molar refractivity (Wildman–Crippen MR) is 161 cm³/mol. The standard InChI is InChI=1S/C30H41ClN6O3/c1-5-36(6-2)13-7-9-21-10-8-14-37(19-21)30-33-18-24(31)25(34-30)16-22-11-12-26-23(15-22)17-27(29(39)35(26)4)40-20-28(38)32-3/h11-12,15,17-18,21H,5-10,13-14,16,19-20H2,1-4H3,(H,32,38)/t21-/m1/s1. The van der Waals surface area contributed by atoms with Gasteiger partial charge in [0.25, 0.3) is 11.5 Å². The third kappa shape index (κ3) is 7.31. The molecule has 1 aliphatic rings. The number of nitrogens with one attached hydrogen (secondary N) is 1. The number of amides is 1. The summed E-state index contributed by atoms with van der Waals surface area (Å²) in [6.45, 7) is 9.54. The summed E-state index contributed by atoms with van der Waals surface area (Å²) in [6.07, 6.45) is 7.08. The second-order valence-corrected chi connectivity index (χ2v) is 10.9. The fourth-order valence-corrected chi connectivity index (χ4v) is 5.58. The van der Waals surface area contributed by atoms with Gasteiger partial charge in [0.2, 0.25) is 5.95 Å². The second-order valence-electron chi connectivity index (χ2n) is 10.5. The summed E-state index contributed by atoms with van der Waals surface area (Å²) in [5.74, 6) is 1.22. The smallest absolute Gasteiger partial charge is 0.293 e. The van der Waals surface area contributed by atoms with E-state index in [-0.39, 0.29) is 23.8 Å². The molecule has 0 unspecified atom stereocenters. The van der Waals surface area contributed by atoms with Crippen LogP contribution in [0, 0.1) is 5.92 Å². The molecule has 1 N–H and O–H groups in total. The number of aromatic nitrogens is 3. The van der Waals surface area contributed by atoms with Crippen molar-refractivity contribution < 1.29 is 9.53 Å². The number of aryl methyl sites for hydroxylation is 1. The summed E-state index contributed by atoms with van der Waals surface area (Å²) in [4.78, 5) is 38.6. The Kier molecular flexibility index (Phi) is 10.4. The summed E-state index contributed by atoms with van der Waals surface area (Å²) < 4.78 is 7.03. The molecule has 9 nitrogen and oxygen atoms in total. The van der Waals surface area contributed by atoms with E-state index in [9.17, 15) is 9.59 Å². The number of benzene rings is 1. The summed E-state index contributed by atoms with van der Waals surface area (Å²) in [6, 6.07) is 7.59. The lowest BCUT2D eigenvalue weighted by molar-refractivity contribution is -0.122. The van der Waals surface area contributed by atoms with E-state index in [1.165, 1.54) is 30.9 Å². The molecule has 10 heteroatoms. The fraction of sp³-hybridized carbons (Fsp3) is 0.533. The second kappa shape index (κ2) is 13.9. The zero-order valence-electron chi connectivity index (χ0n) is 24.1. The molecule has 0 bridgehead atoms. The highest BCUT2D eigenvalue weighted by Crippen LogP contribution is 2.27. The van der Waals surface area contributed by atoms with Gasteiger partial charge in [-0.05, 0) is 75.0 Å². The number of anilines is 1. The van der Waals surface area contributed by atoms with Gasteiger partial charge in [0.05, 0.1) is 22.4 Å². The number of rotatable bonds is 12. The molecule has 216 valence electrons. The molecule has 40 heavy (non-hydrogen) atoms. The third-order valence-electron chi connectivity index (χ3n) is 7.85. The highest BCUT2D eigenvalue weighted by molar-refractivity contribution is 6.31. The number of nitrogens with zero attached hydrogens (tertiary/aromatic N) is 5. The van der Waals surface area contributed by atoms with Crippen LogP contribution < -0.4 is 20.5 Å². The normalized spacial score (nSPS) is 15.6. The maximum absolute atomic E-state index is 12.7. The Labute approximate surface area is 241 Å². The van der Waals surface area contributed by atoms with Crippen molar-refractivity contribution in [3.63, 3.8) is 0 Å². The molecule has 1 amide bonds. The van der Waals surface area contributed by atoms with Gasteiger partial charge in [-0.15, -0.1) is 0 Å². The quantitative estimate of drug-likeness (QED) is 0.352. The van der Waals surface area contributed by atoms with E-state index in [2.05, 4.69) is 33.9 Å². The lowest BCUT2D eigenvalue weighted by Gasteiger charge is -2.33. The topological polar surface area (TPSA) is 92.6 Å². The Hall–Kier alpha value is -3.17. The zero-order chi connectivity index (χ0) is 28.6. The molecule has 1 aliphatic heterocycles. The van der Waals surface area contributed by atoms with Crippen LogP contribution in [0.15, 0.2) is 35.3 Å². The van der Waals surface area contributed by atoms with Crippen molar-refractivity contribution in [3.05, 3.63) is 57.1 Å². The number of carbonyl (C=O) groups excluding carboxylic acids is 1. The molecule has 3 aromatic rings. The van der Waals surface area contributed by atoms with E-state index < -0.39 is 0 Å². The van der Waals surface area contributed by atoms with Crippen LogP contribution in [-0.4, -0.2) is 71.7 Å². The Bertz CT molecular complexity index is 1370. The van der Waals surface area contributed by atoms with Gasteiger partial charge in [-0.1, -0.05) is 31.5 Å². The maximum Gasteiger partial charge on any atom is 0.293 e. The van der Waals surface area contributed by atoms with Gasteiger partial charge in [0, 0.05) is 39.0 Å². The number of likely N-dealkylation sites (N-methyl/N-ethyl adjacent to an activating group) is 1. The molecule has 0 radical (unpaired) electrons.